The van der Waals surface area contributed by atoms with Gasteiger partial charge in [0.1, 0.15) is 0 Å². The smallest absolute Gasteiger partial charge is 0.408 e. The van der Waals surface area contributed by atoms with Crippen molar-refractivity contribution in [2.45, 2.75) is 24.5 Å². The SMILES string of the molecule is O=C1NC[C@@H](C(=O)NC(c2cccc(Cl)c2)[C@@H]2C[C@H]2c2ccccc2)O1. The van der Waals surface area contributed by atoms with Crippen LogP contribution in [0.3, 0.4) is 0 Å². The van der Waals surface area contributed by atoms with Crippen LogP contribution in [0.25, 0.3) is 0 Å². The molecule has 4 rings (SSSR count). The summed E-state index contributed by atoms with van der Waals surface area (Å²) >= 11 is 6.16. The molecule has 2 aromatic rings. The first kappa shape index (κ1) is 16.9. The minimum absolute atomic E-state index is 0.175. The molecule has 0 aromatic heterocycles. The number of halogens is 1. The van der Waals surface area contributed by atoms with Gasteiger partial charge in [-0.15, -0.1) is 0 Å². The molecule has 1 unspecified atom stereocenters. The molecule has 1 aliphatic heterocycles. The first-order valence-electron chi connectivity index (χ1n) is 8.67. The number of hydrogen-bond donors (Lipinski definition) is 2. The lowest BCUT2D eigenvalue weighted by Crippen LogP contribution is -2.40. The van der Waals surface area contributed by atoms with Gasteiger partial charge in [-0.1, -0.05) is 54.1 Å². The molecule has 2 fully saturated rings. The van der Waals surface area contributed by atoms with E-state index in [0.29, 0.717) is 10.9 Å². The minimum Gasteiger partial charge on any atom is -0.434 e. The third kappa shape index (κ3) is 3.53. The second-order valence-electron chi connectivity index (χ2n) is 6.73. The third-order valence-corrected chi connectivity index (χ3v) is 5.21. The fourth-order valence-electron chi connectivity index (χ4n) is 3.59. The zero-order valence-corrected chi connectivity index (χ0v) is 14.8. The van der Waals surface area contributed by atoms with Gasteiger partial charge in [0, 0.05) is 5.02 Å². The van der Waals surface area contributed by atoms with E-state index in [9.17, 15) is 9.59 Å². The molecule has 0 bridgehead atoms. The Morgan fingerprint density at radius 2 is 2.00 bits per heavy atom. The quantitative estimate of drug-likeness (QED) is 0.847. The van der Waals surface area contributed by atoms with Crippen LogP contribution in [0.2, 0.25) is 5.02 Å². The number of amides is 2. The number of nitrogens with one attached hydrogen (secondary N) is 2. The van der Waals surface area contributed by atoms with Gasteiger partial charge in [-0.05, 0) is 41.5 Å². The van der Waals surface area contributed by atoms with Crippen molar-refractivity contribution in [1.82, 2.24) is 10.6 Å². The Bertz CT molecular complexity index is 827. The number of alkyl carbamates (subject to hydrolysis) is 1. The average Bonchev–Trinajstić information content (AvgIpc) is 3.32. The maximum Gasteiger partial charge on any atom is 0.408 e. The highest BCUT2D eigenvalue weighted by Crippen LogP contribution is 2.54. The van der Waals surface area contributed by atoms with Crippen molar-refractivity contribution in [1.29, 1.82) is 0 Å². The maximum atomic E-state index is 12.6. The normalized spacial score (nSPS) is 25.1. The number of carbonyl (C=O) groups excluding carboxylic acids is 2. The largest absolute Gasteiger partial charge is 0.434 e. The Balaban J connectivity index is 1.55. The first-order chi connectivity index (χ1) is 12.6. The van der Waals surface area contributed by atoms with Gasteiger partial charge in [0.15, 0.2) is 6.10 Å². The van der Waals surface area contributed by atoms with Crippen LogP contribution < -0.4 is 10.6 Å². The molecule has 1 heterocycles. The van der Waals surface area contributed by atoms with E-state index in [2.05, 4.69) is 22.8 Å². The molecule has 1 aliphatic carbocycles. The molecule has 1 saturated carbocycles. The van der Waals surface area contributed by atoms with E-state index in [-0.39, 0.29) is 24.4 Å². The Hall–Kier alpha value is -2.53. The van der Waals surface area contributed by atoms with E-state index in [4.69, 9.17) is 16.3 Å². The molecule has 2 aromatic carbocycles. The van der Waals surface area contributed by atoms with Gasteiger partial charge in [0.25, 0.3) is 5.91 Å². The van der Waals surface area contributed by atoms with Crippen LogP contribution in [0, 0.1) is 5.92 Å². The molecule has 0 spiro atoms. The lowest BCUT2D eigenvalue weighted by atomic mass is 9.98. The van der Waals surface area contributed by atoms with E-state index < -0.39 is 12.2 Å². The van der Waals surface area contributed by atoms with Crippen molar-refractivity contribution in [2.24, 2.45) is 5.92 Å². The highest BCUT2D eigenvalue weighted by molar-refractivity contribution is 6.30. The zero-order chi connectivity index (χ0) is 18.1. The molecule has 4 atom stereocenters. The highest BCUT2D eigenvalue weighted by Gasteiger charge is 2.46. The van der Waals surface area contributed by atoms with Crippen LogP contribution in [-0.4, -0.2) is 24.6 Å². The second-order valence-corrected chi connectivity index (χ2v) is 7.17. The molecular formula is C20H19ClN2O3. The standard InChI is InChI=1S/C20H19ClN2O3/c21-14-8-4-7-13(9-14)18(23-19(24)17-11-22-20(25)26-17)16-10-15(16)12-5-2-1-3-6-12/h1-9,15-18H,10-11H2,(H,22,25)(H,23,24)/t15-,16+,17-,18?/m0/s1. The summed E-state index contributed by atoms with van der Waals surface area (Å²) in [7, 11) is 0. The Morgan fingerprint density at radius 3 is 2.69 bits per heavy atom. The van der Waals surface area contributed by atoms with Gasteiger partial charge >= 0.3 is 6.09 Å². The van der Waals surface area contributed by atoms with E-state index >= 15 is 0 Å². The summed E-state index contributed by atoms with van der Waals surface area (Å²) in [6.45, 7) is 0.194. The van der Waals surface area contributed by atoms with Crippen molar-refractivity contribution >= 4 is 23.6 Å². The zero-order valence-electron chi connectivity index (χ0n) is 14.0. The van der Waals surface area contributed by atoms with E-state index in [1.54, 1.807) is 0 Å². The molecule has 2 amide bonds. The lowest BCUT2D eigenvalue weighted by molar-refractivity contribution is -0.128. The number of carbonyl (C=O) groups is 2. The monoisotopic (exact) mass is 370 g/mol. The first-order valence-corrected chi connectivity index (χ1v) is 9.05. The van der Waals surface area contributed by atoms with Crippen molar-refractivity contribution < 1.29 is 14.3 Å². The van der Waals surface area contributed by atoms with E-state index in [1.807, 2.05) is 42.5 Å². The molecule has 6 heteroatoms. The topological polar surface area (TPSA) is 67.4 Å². The predicted molar refractivity (Wildman–Crippen MR) is 97.9 cm³/mol. The second kappa shape index (κ2) is 7.00. The third-order valence-electron chi connectivity index (χ3n) is 4.97. The summed E-state index contributed by atoms with van der Waals surface area (Å²) in [5.41, 5.74) is 2.24. The molecule has 134 valence electrons. The van der Waals surface area contributed by atoms with Crippen molar-refractivity contribution in [3.63, 3.8) is 0 Å². The molecule has 5 nitrogen and oxygen atoms in total. The molecular weight excluding hydrogens is 352 g/mol. The van der Waals surface area contributed by atoms with Crippen LogP contribution in [0.15, 0.2) is 54.6 Å². The van der Waals surface area contributed by atoms with Gasteiger partial charge in [0.05, 0.1) is 12.6 Å². The number of cyclic esters (lactones) is 1. The fourth-order valence-corrected chi connectivity index (χ4v) is 3.78. The highest BCUT2D eigenvalue weighted by atomic mass is 35.5. The van der Waals surface area contributed by atoms with Gasteiger partial charge in [0.2, 0.25) is 0 Å². The van der Waals surface area contributed by atoms with Crippen LogP contribution in [-0.2, 0) is 9.53 Å². The van der Waals surface area contributed by atoms with Crippen LogP contribution >= 0.6 is 11.6 Å². The van der Waals surface area contributed by atoms with Crippen molar-refractivity contribution in [2.75, 3.05) is 6.54 Å². The van der Waals surface area contributed by atoms with Gasteiger partial charge in [-0.2, -0.15) is 0 Å². The molecule has 1 saturated heterocycles. The Kier molecular flexibility index (Phi) is 4.55. The predicted octanol–water partition coefficient (Wildman–Crippen LogP) is 3.41. The van der Waals surface area contributed by atoms with Crippen LogP contribution in [0.5, 0.6) is 0 Å². The summed E-state index contributed by atoms with van der Waals surface area (Å²) in [4.78, 5) is 23.8. The summed E-state index contributed by atoms with van der Waals surface area (Å²) < 4.78 is 5.01. The minimum atomic E-state index is -0.793. The van der Waals surface area contributed by atoms with Gasteiger partial charge < -0.3 is 15.4 Å². The van der Waals surface area contributed by atoms with Gasteiger partial charge in [-0.25, -0.2) is 4.79 Å². The molecule has 26 heavy (non-hydrogen) atoms. The van der Waals surface area contributed by atoms with Crippen molar-refractivity contribution in [3.05, 3.63) is 70.7 Å². The number of rotatable bonds is 5. The molecule has 2 N–H and O–H groups in total. The average molecular weight is 371 g/mol. The summed E-state index contributed by atoms with van der Waals surface area (Å²) in [5, 5.41) is 6.21. The lowest BCUT2D eigenvalue weighted by Gasteiger charge is -2.21. The maximum absolute atomic E-state index is 12.6. The van der Waals surface area contributed by atoms with Gasteiger partial charge in [-0.3, -0.25) is 4.79 Å². The number of ether oxygens (including phenoxy) is 1. The summed E-state index contributed by atoms with van der Waals surface area (Å²) in [6.07, 6.45) is -0.361. The van der Waals surface area contributed by atoms with E-state index in [1.165, 1.54) is 5.56 Å². The fraction of sp³-hybridized carbons (Fsp3) is 0.300. The van der Waals surface area contributed by atoms with Crippen LogP contribution in [0.4, 0.5) is 4.79 Å². The Morgan fingerprint density at radius 1 is 1.19 bits per heavy atom. The van der Waals surface area contributed by atoms with E-state index in [0.717, 1.165) is 12.0 Å². The molecule has 2 aliphatic rings. The number of benzene rings is 2. The van der Waals surface area contributed by atoms with Crippen molar-refractivity contribution in [3.8, 4) is 0 Å². The van der Waals surface area contributed by atoms with Crippen LogP contribution in [0.1, 0.15) is 29.5 Å². The summed E-state index contributed by atoms with van der Waals surface area (Å²) in [5.74, 6) is 0.390. The molecule has 0 radical (unpaired) electrons. The summed E-state index contributed by atoms with van der Waals surface area (Å²) in [6, 6.07) is 17.7. The Labute approximate surface area is 156 Å². The number of hydrogen-bond acceptors (Lipinski definition) is 3.